The molecule has 0 amide bonds. The van der Waals surface area contributed by atoms with Gasteiger partial charge in [-0.25, -0.2) is 4.39 Å². The molecule has 0 aliphatic carbocycles. The lowest BCUT2D eigenvalue weighted by Gasteiger charge is -2.26. The highest BCUT2D eigenvalue weighted by atomic mass is 79.9. The van der Waals surface area contributed by atoms with Crippen molar-refractivity contribution in [3.63, 3.8) is 0 Å². The Balaban J connectivity index is 2.16. The molecule has 0 spiro atoms. The lowest BCUT2D eigenvalue weighted by molar-refractivity contribution is 0.349. The number of hydrogen-bond donors (Lipinski definition) is 1. The van der Waals surface area contributed by atoms with E-state index in [2.05, 4.69) is 20.7 Å². The third-order valence-corrected chi connectivity index (χ3v) is 5.00. The van der Waals surface area contributed by atoms with Crippen LogP contribution in [0.2, 0.25) is 0 Å². The van der Waals surface area contributed by atoms with Crippen molar-refractivity contribution in [2.24, 2.45) is 0 Å². The van der Waals surface area contributed by atoms with E-state index in [9.17, 15) is 12.8 Å². The number of halogens is 2. The SMILES string of the molecule is O=S(=O)(Nc1ccc(F)cc1Br)N1CCCCC1. The van der Waals surface area contributed by atoms with E-state index in [1.165, 1.54) is 22.5 Å². The van der Waals surface area contributed by atoms with Crippen LogP contribution in [0.3, 0.4) is 0 Å². The average molecular weight is 337 g/mol. The van der Waals surface area contributed by atoms with Gasteiger partial charge >= 0.3 is 10.2 Å². The number of benzene rings is 1. The first-order chi connectivity index (χ1) is 8.49. The summed E-state index contributed by atoms with van der Waals surface area (Å²) in [4.78, 5) is 0. The molecule has 1 aromatic carbocycles. The zero-order chi connectivity index (χ0) is 13.2. The van der Waals surface area contributed by atoms with E-state index in [4.69, 9.17) is 0 Å². The van der Waals surface area contributed by atoms with Gasteiger partial charge in [0.15, 0.2) is 0 Å². The van der Waals surface area contributed by atoms with Gasteiger partial charge < -0.3 is 0 Å². The molecule has 1 fully saturated rings. The van der Waals surface area contributed by atoms with Crippen LogP contribution in [0.4, 0.5) is 10.1 Å². The Bertz CT molecular complexity index is 530. The maximum Gasteiger partial charge on any atom is 0.301 e. The van der Waals surface area contributed by atoms with Crippen LogP contribution >= 0.6 is 15.9 Å². The summed E-state index contributed by atoms with van der Waals surface area (Å²) in [7, 11) is -3.54. The van der Waals surface area contributed by atoms with Gasteiger partial charge in [0.1, 0.15) is 5.82 Å². The summed E-state index contributed by atoms with van der Waals surface area (Å²) in [6, 6.07) is 3.85. The van der Waals surface area contributed by atoms with Gasteiger partial charge in [0.2, 0.25) is 0 Å². The van der Waals surface area contributed by atoms with Crippen LogP contribution in [-0.4, -0.2) is 25.8 Å². The van der Waals surface area contributed by atoms with Gasteiger partial charge in [0.25, 0.3) is 0 Å². The van der Waals surface area contributed by atoms with Crippen LogP contribution in [0, 0.1) is 5.82 Å². The summed E-state index contributed by atoms with van der Waals surface area (Å²) in [5, 5.41) is 0. The first kappa shape index (κ1) is 13.8. The van der Waals surface area contributed by atoms with E-state index in [1.54, 1.807) is 0 Å². The number of nitrogens with one attached hydrogen (secondary N) is 1. The Hall–Kier alpha value is -0.660. The molecule has 1 aliphatic rings. The Kier molecular flexibility index (Phi) is 4.24. The lowest BCUT2D eigenvalue weighted by atomic mass is 10.2. The van der Waals surface area contributed by atoms with E-state index in [0.717, 1.165) is 19.3 Å². The minimum Gasteiger partial charge on any atom is -0.270 e. The summed E-state index contributed by atoms with van der Waals surface area (Å²) < 4.78 is 41.4. The fourth-order valence-corrected chi connectivity index (χ4v) is 3.79. The zero-order valence-electron chi connectivity index (χ0n) is 9.70. The topological polar surface area (TPSA) is 49.4 Å². The molecule has 0 saturated carbocycles. The second kappa shape index (κ2) is 5.54. The monoisotopic (exact) mass is 336 g/mol. The number of hydrogen-bond acceptors (Lipinski definition) is 2. The Labute approximate surface area is 114 Å². The molecule has 0 bridgehead atoms. The second-order valence-corrected chi connectivity index (χ2v) is 6.72. The van der Waals surface area contributed by atoms with Crippen LogP contribution < -0.4 is 4.72 Å². The maximum absolute atomic E-state index is 12.9. The summed E-state index contributed by atoms with van der Waals surface area (Å²) in [5.41, 5.74) is 0.349. The van der Waals surface area contributed by atoms with Crippen molar-refractivity contribution in [2.75, 3.05) is 17.8 Å². The first-order valence-corrected chi connectivity index (χ1v) is 7.95. The van der Waals surface area contributed by atoms with Gasteiger partial charge in [-0.3, -0.25) is 4.72 Å². The molecule has 0 atom stereocenters. The Morgan fingerprint density at radius 3 is 2.50 bits per heavy atom. The zero-order valence-corrected chi connectivity index (χ0v) is 12.1. The number of anilines is 1. The van der Waals surface area contributed by atoms with Crippen LogP contribution in [0.5, 0.6) is 0 Å². The first-order valence-electron chi connectivity index (χ1n) is 5.72. The quantitative estimate of drug-likeness (QED) is 0.922. The standard InChI is InChI=1S/C11H14BrFN2O2S/c12-10-8-9(13)4-5-11(10)14-18(16,17)15-6-2-1-3-7-15/h4-5,8,14H,1-3,6-7H2. The largest absolute Gasteiger partial charge is 0.301 e. The minimum absolute atomic E-state index is 0.349. The van der Waals surface area contributed by atoms with E-state index in [0.29, 0.717) is 23.2 Å². The molecule has 0 radical (unpaired) electrons. The van der Waals surface area contributed by atoms with Crippen molar-refractivity contribution >= 4 is 31.8 Å². The van der Waals surface area contributed by atoms with Gasteiger partial charge in [-0.05, 0) is 47.0 Å². The molecule has 1 saturated heterocycles. The molecule has 0 aromatic heterocycles. The van der Waals surface area contributed by atoms with Gasteiger partial charge in [-0.2, -0.15) is 12.7 Å². The third-order valence-electron chi connectivity index (χ3n) is 2.83. The third kappa shape index (κ3) is 3.21. The molecule has 1 aliphatic heterocycles. The summed E-state index contributed by atoms with van der Waals surface area (Å²) in [6.07, 6.45) is 2.82. The smallest absolute Gasteiger partial charge is 0.270 e. The summed E-state index contributed by atoms with van der Waals surface area (Å²) in [6.45, 7) is 1.07. The number of piperidine rings is 1. The molecule has 100 valence electrons. The highest BCUT2D eigenvalue weighted by Gasteiger charge is 2.24. The number of nitrogens with zero attached hydrogens (tertiary/aromatic N) is 1. The van der Waals surface area contributed by atoms with Crippen LogP contribution in [0.25, 0.3) is 0 Å². The normalized spacial score (nSPS) is 17.7. The minimum atomic E-state index is -3.54. The van der Waals surface area contributed by atoms with Crippen molar-refractivity contribution in [1.82, 2.24) is 4.31 Å². The van der Waals surface area contributed by atoms with E-state index < -0.39 is 16.0 Å². The van der Waals surface area contributed by atoms with Crippen molar-refractivity contribution < 1.29 is 12.8 Å². The molecule has 1 heterocycles. The van der Waals surface area contributed by atoms with Crippen molar-refractivity contribution in [1.29, 1.82) is 0 Å². The molecule has 2 rings (SSSR count). The van der Waals surface area contributed by atoms with Gasteiger partial charge in [-0.1, -0.05) is 6.42 Å². The number of rotatable bonds is 3. The highest BCUT2D eigenvalue weighted by Crippen LogP contribution is 2.25. The van der Waals surface area contributed by atoms with Gasteiger partial charge in [0.05, 0.1) is 5.69 Å². The summed E-state index contributed by atoms with van der Waals surface area (Å²) >= 11 is 3.14. The molecular weight excluding hydrogens is 323 g/mol. The molecule has 0 unspecified atom stereocenters. The molecule has 1 N–H and O–H groups in total. The molecule has 18 heavy (non-hydrogen) atoms. The van der Waals surface area contributed by atoms with Gasteiger partial charge in [-0.15, -0.1) is 0 Å². The highest BCUT2D eigenvalue weighted by molar-refractivity contribution is 9.10. The van der Waals surface area contributed by atoms with Crippen molar-refractivity contribution in [3.05, 3.63) is 28.5 Å². The van der Waals surface area contributed by atoms with E-state index >= 15 is 0 Å². The predicted molar refractivity (Wildman–Crippen MR) is 72.1 cm³/mol. The Morgan fingerprint density at radius 2 is 1.89 bits per heavy atom. The van der Waals surface area contributed by atoms with Crippen molar-refractivity contribution in [3.8, 4) is 0 Å². The van der Waals surface area contributed by atoms with Crippen molar-refractivity contribution in [2.45, 2.75) is 19.3 Å². The predicted octanol–water partition coefficient (Wildman–Crippen LogP) is 2.73. The molecule has 4 nitrogen and oxygen atoms in total. The van der Waals surface area contributed by atoms with Crippen LogP contribution in [0.15, 0.2) is 22.7 Å². The second-order valence-electron chi connectivity index (χ2n) is 4.19. The maximum atomic E-state index is 12.9. The van der Waals surface area contributed by atoms with Crippen LogP contribution in [-0.2, 0) is 10.2 Å². The molecule has 7 heteroatoms. The van der Waals surface area contributed by atoms with Crippen LogP contribution in [0.1, 0.15) is 19.3 Å². The summed E-state index contributed by atoms with van der Waals surface area (Å²) in [5.74, 6) is -0.414. The molecular formula is C11H14BrFN2O2S. The molecule has 1 aromatic rings. The van der Waals surface area contributed by atoms with Gasteiger partial charge in [0, 0.05) is 17.6 Å². The van der Waals surface area contributed by atoms with E-state index in [-0.39, 0.29) is 0 Å². The fourth-order valence-electron chi connectivity index (χ4n) is 1.88. The lowest BCUT2D eigenvalue weighted by Crippen LogP contribution is -2.39. The fraction of sp³-hybridized carbons (Fsp3) is 0.455. The van der Waals surface area contributed by atoms with E-state index in [1.807, 2.05) is 0 Å². The average Bonchev–Trinajstić information content (AvgIpc) is 2.34. The Morgan fingerprint density at radius 1 is 1.22 bits per heavy atom.